The van der Waals surface area contributed by atoms with Crippen molar-refractivity contribution in [2.45, 2.75) is 33.6 Å². The number of likely N-dealkylation sites (N-methyl/N-ethyl adjacent to an activating group) is 1. The molecule has 0 spiro atoms. The molecule has 1 aromatic carbocycles. The summed E-state index contributed by atoms with van der Waals surface area (Å²) in [5, 5.41) is 3.22. The fraction of sp³-hybridized carbons (Fsp3) is 0.538. The Morgan fingerprint density at radius 1 is 1.14 bits per heavy atom. The van der Waals surface area contributed by atoms with Crippen LogP contribution in [0.3, 0.4) is 0 Å². The van der Waals surface area contributed by atoms with Crippen LogP contribution in [0, 0.1) is 20.8 Å². The van der Waals surface area contributed by atoms with Gasteiger partial charge in [0, 0.05) is 6.54 Å². The second-order valence-corrected chi connectivity index (χ2v) is 4.24. The van der Waals surface area contributed by atoms with Crippen molar-refractivity contribution in [3.63, 3.8) is 0 Å². The van der Waals surface area contributed by atoms with E-state index in [9.17, 15) is 0 Å². The maximum atomic E-state index is 3.22. The Morgan fingerprint density at radius 2 is 1.64 bits per heavy atom. The molecular weight excluding hydrogens is 170 g/mol. The monoisotopic (exact) mass is 191 g/mol. The zero-order valence-corrected chi connectivity index (χ0v) is 9.94. The minimum atomic E-state index is 0.595. The fourth-order valence-electron chi connectivity index (χ4n) is 1.78. The minimum Gasteiger partial charge on any atom is -0.319 e. The highest BCUT2D eigenvalue weighted by molar-refractivity contribution is 5.38. The van der Waals surface area contributed by atoms with Crippen molar-refractivity contribution >= 4 is 0 Å². The molecule has 1 N–H and O–H groups in total. The van der Waals surface area contributed by atoms with Crippen LogP contribution in [0.4, 0.5) is 0 Å². The van der Waals surface area contributed by atoms with Crippen molar-refractivity contribution in [2.24, 2.45) is 0 Å². The molecule has 0 aliphatic heterocycles. The van der Waals surface area contributed by atoms with Crippen LogP contribution in [0.25, 0.3) is 0 Å². The van der Waals surface area contributed by atoms with Gasteiger partial charge in [0.2, 0.25) is 0 Å². The second kappa shape index (κ2) is 4.61. The lowest BCUT2D eigenvalue weighted by molar-refractivity contribution is 0.676. The smallest absolute Gasteiger partial charge is 0.00144 e. The highest BCUT2D eigenvalue weighted by atomic mass is 14.8. The van der Waals surface area contributed by atoms with Gasteiger partial charge in [-0.25, -0.2) is 0 Å². The molecule has 0 heterocycles. The van der Waals surface area contributed by atoms with Crippen LogP contribution >= 0.6 is 0 Å². The SMILES string of the molecule is CNCC(C)c1cc(C)c(C)c(C)c1. The third-order valence-electron chi connectivity index (χ3n) is 3.03. The lowest BCUT2D eigenvalue weighted by Crippen LogP contribution is -2.15. The van der Waals surface area contributed by atoms with E-state index in [2.05, 4.69) is 45.1 Å². The van der Waals surface area contributed by atoms with Crippen LogP contribution < -0.4 is 5.32 Å². The van der Waals surface area contributed by atoms with Crippen LogP contribution in [-0.2, 0) is 0 Å². The van der Waals surface area contributed by atoms with E-state index in [0.717, 1.165) is 6.54 Å². The van der Waals surface area contributed by atoms with E-state index < -0.39 is 0 Å². The summed E-state index contributed by atoms with van der Waals surface area (Å²) in [4.78, 5) is 0. The lowest BCUT2D eigenvalue weighted by atomic mass is 9.94. The summed E-state index contributed by atoms with van der Waals surface area (Å²) in [5.74, 6) is 0.595. The zero-order chi connectivity index (χ0) is 10.7. The van der Waals surface area contributed by atoms with Gasteiger partial charge in [-0.1, -0.05) is 19.1 Å². The molecule has 1 nitrogen and oxygen atoms in total. The first-order valence-electron chi connectivity index (χ1n) is 5.28. The van der Waals surface area contributed by atoms with Crippen LogP contribution in [0.1, 0.15) is 35.1 Å². The Hall–Kier alpha value is -0.820. The first kappa shape index (κ1) is 11.3. The molecule has 0 saturated carbocycles. The van der Waals surface area contributed by atoms with Gasteiger partial charge >= 0.3 is 0 Å². The topological polar surface area (TPSA) is 12.0 Å². The van der Waals surface area contributed by atoms with Crippen molar-refractivity contribution in [3.05, 3.63) is 34.4 Å². The van der Waals surface area contributed by atoms with E-state index in [4.69, 9.17) is 0 Å². The predicted molar refractivity (Wildman–Crippen MR) is 63.0 cm³/mol. The summed E-state index contributed by atoms with van der Waals surface area (Å²) in [7, 11) is 2.00. The van der Waals surface area contributed by atoms with E-state index in [1.54, 1.807) is 0 Å². The molecular formula is C13H21N. The van der Waals surface area contributed by atoms with Gasteiger partial charge in [-0.15, -0.1) is 0 Å². The van der Waals surface area contributed by atoms with Crippen molar-refractivity contribution in [2.75, 3.05) is 13.6 Å². The number of hydrogen-bond donors (Lipinski definition) is 1. The van der Waals surface area contributed by atoms with Crippen molar-refractivity contribution in [3.8, 4) is 0 Å². The first-order valence-corrected chi connectivity index (χ1v) is 5.28. The number of hydrogen-bond acceptors (Lipinski definition) is 1. The lowest BCUT2D eigenvalue weighted by Gasteiger charge is -2.15. The number of rotatable bonds is 3. The molecule has 78 valence electrons. The number of aryl methyl sites for hydroxylation is 2. The molecule has 14 heavy (non-hydrogen) atoms. The highest BCUT2D eigenvalue weighted by Crippen LogP contribution is 2.21. The summed E-state index contributed by atoms with van der Waals surface area (Å²) in [6, 6.07) is 4.62. The summed E-state index contributed by atoms with van der Waals surface area (Å²) in [6.07, 6.45) is 0. The summed E-state index contributed by atoms with van der Waals surface area (Å²) in [5.41, 5.74) is 5.68. The molecule has 1 heteroatoms. The average molecular weight is 191 g/mol. The molecule has 0 amide bonds. The van der Waals surface area contributed by atoms with Gasteiger partial charge in [0.15, 0.2) is 0 Å². The third-order valence-corrected chi connectivity index (χ3v) is 3.03. The molecule has 1 atom stereocenters. The molecule has 0 fully saturated rings. The molecule has 0 saturated heterocycles. The molecule has 0 bridgehead atoms. The van der Waals surface area contributed by atoms with E-state index in [0.29, 0.717) is 5.92 Å². The number of benzene rings is 1. The zero-order valence-electron chi connectivity index (χ0n) is 9.94. The molecule has 0 aromatic heterocycles. The maximum absolute atomic E-state index is 3.22. The molecule has 0 aliphatic carbocycles. The Morgan fingerprint density at radius 3 is 2.07 bits per heavy atom. The normalized spacial score (nSPS) is 12.9. The van der Waals surface area contributed by atoms with Crippen LogP contribution in [0.5, 0.6) is 0 Å². The molecule has 0 aliphatic rings. The Labute approximate surface area is 87.5 Å². The molecule has 1 rings (SSSR count). The first-order chi connectivity index (χ1) is 6.56. The Kier molecular flexibility index (Phi) is 3.70. The fourth-order valence-corrected chi connectivity index (χ4v) is 1.78. The van der Waals surface area contributed by atoms with Crippen molar-refractivity contribution in [1.82, 2.24) is 5.32 Å². The van der Waals surface area contributed by atoms with Crippen LogP contribution in [0.2, 0.25) is 0 Å². The standard InChI is InChI=1S/C13H21N/c1-9-6-13(11(3)8-14-5)7-10(2)12(9)4/h6-7,11,14H,8H2,1-5H3. The van der Waals surface area contributed by atoms with Crippen LogP contribution in [0.15, 0.2) is 12.1 Å². The molecule has 1 unspecified atom stereocenters. The van der Waals surface area contributed by atoms with E-state index in [1.165, 1.54) is 22.3 Å². The average Bonchev–Trinajstić information content (AvgIpc) is 2.13. The van der Waals surface area contributed by atoms with Gasteiger partial charge in [-0.3, -0.25) is 0 Å². The van der Waals surface area contributed by atoms with Crippen molar-refractivity contribution < 1.29 is 0 Å². The molecule has 0 radical (unpaired) electrons. The largest absolute Gasteiger partial charge is 0.319 e. The molecule has 1 aromatic rings. The van der Waals surface area contributed by atoms with Crippen LogP contribution in [-0.4, -0.2) is 13.6 Å². The van der Waals surface area contributed by atoms with Gasteiger partial charge in [-0.2, -0.15) is 0 Å². The third kappa shape index (κ3) is 2.36. The minimum absolute atomic E-state index is 0.595. The summed E-state index contributed by atoms with van der Waals surface area (Å²) >= 11 is 0. The van der Waals surface area contributed by atoms with Gasteiger partial charge in [0.25, 0.3) is 0 Å². The van der Waals surface area contributed by atoms with Gasteiger partial charge < -0.3 is 5.32 Å². The van der Waals surface area contributed by atoms with Crippen molar-refractivity contribution in [1.29, 1.82) is 0 Å². The summed E-state index contributed by atoms with van der Waals surface area (Å²) < 4.78 is 0. The van der Waals surface area contributed by atoms with Gasteiger partial charge in [0.05, 0.1) is 0 Å². The Balaban J connectivity index is 3.00. The van der Waals surface area contributed by atoms with E-state index in [1.807, 2.05) is 7.05 Å². The van der Waals surface area contributed by atoms with E-state index in [-0.39, 0.29) is 0 Å². The quantitative estimate of drug-likeness (QED) is 0.774. The van der Waals surface area contributed by atoms with Gasteiger partial charge in [-0.05, 0) is 56.0 Å². The second-order valence-electron chi connectivity index (χ2n) is 4.24. The van der Waals surface area contributed by atoms with Gasteiger partial charge in [0.1, 0.15) is 0 Å². The summed E-state index contributed by atoms with van der Waals surface area (Å²) in [6.45, 7) is 9.88. The Bertz CT molecular complexity index is 292. The number of nitrogens with one attached hydrogen (secondary N) is 1. The highest BCUT2D eigenvalue weighted by Gasteiger charge is 2.07. The predicted octanol–water partition coefficient (Wildman–Crippen LogP) is 2.93. The maximum Gasteiger partial charge on any atom is 0.00144 e. The van der Waals surface area contributed by atoms with E-state index >= 15 is 0 Å².